The number of carbonyl (C=O) groups is 1. The fourth-order valence-electron chi connectivity index (χ4n) is 1.89. The van der Waals surface area contributed by atoms with Gasteiger partial charge < -0.3 is 10.4 Å². The second-order valence-electron chi connectivity index (χ2n) is 4.29. The lowest BCUT2D eigenvalue weighted by Crippen LogP contribution is -2.27. The Bertz CT molecular complexity index is 236. The molecular weight excluding hydrogens is 190 g/mol. The summed E-state index contributed by atoms with van der Waals surface area (Å²) in [6.07, 6.45) is 8.24. The van der Waals surface area contributed by atoms with Gasteiger partial charge in [-0.25, -0.2) is 0 Å². The molecule has 0 aromatic heterocycles. The maximum absolute atomic E-state index is 10.3. The molecule has 3 heteroatoms. The second kappa shape index (κ2) is 6.62. The predicted molar refractivity (Wildman–Crippen MR) is 60.9 cm³/mol. The van der Waals surface area contributed by atoms with Gasteiger partial charge in [-0.2, -0.15) is 0 Å². The summed E-state index contributed by atoms with van der Waals surface area (Å²) in [5.41, 5.74) is 1.56. The molecule has 0 aromatic carbocycles. The molecule has 1 aliphatic carbocycles. The van der Waals surface area contributed by atoms with E-state index in [1.54, 1.807) is 5.57 Å². The Morgan fingerprint density at radius 2 is 2.47 bits per heavy atom. The molecule has 0 amide bonds. The zero-order valence-corrected chi connectivity index (χ0v) is 9.46. The van der Waals surface area contributed by atoms with Crippen LogP contribution in [-0.2, 0) is 4.79 Å². The first-order valence-corrected chi connectivity index (χ1v) is 5.81. The van der Waals surface area contributed by atoms with Crippen molar-refractivity contribution in [1.82, 2.24) is 5.32 Å². The molecule has 0 aromatic rings. The van der Waals surface area contributed by atoms with Crippen LogP contribution >= 0.6 is 0 Å². The first kappa shape index (κ1) is 12.2. The van der Waals surface area contributed by atoms with E-state index >= 15 is 0 Å². The zero-order valence-electron chi connectivity index (χ0n) is 9.46. The number of carboxylic acid groups (broad SMARTS) is 1. The van der Waals surface area contributed by atoms with Gasteiger partial charge in [0.2, 0.25) is 0 Å². The van der Waals surface area contributed by atoms with E-state index in [2.05, 4.69) is 11.4 Å². The molecule has 0 radical (unpaired) electrons. The molecular formula is C12H21NO2. The van der Waals surface area contributed by atoms with Crippen molar-refractivity contribution in [3.8, 4) is 0 Å². The minimum atomic E-state index is -0.706. The normalized spacial score (nSPS) is 17.5. The second-order valence-corrected chi connectivity index (χ2v) is 4.29. The molecule has 2 N–H and O–H groups in total. The highest BCUT2D eigenvalue weighted by molar-refractivity contribution is 5.66. The van der Waals surface area contributed by atoms with Crippen LogP contribution in [0.15, 0.2) is 11.6 Å². The predicted octanol–water partition coefficient (Wildman–Crippen LogP) is 2.33. The molecule has 0 saturated heterocycles. The van der Waals surface area contributed by atoms with Gasteiger partial charge in [0, 0.05) is 12.5 Å². The van der Waals surface area contributed by atoms with Gasteiger partial charge in [-0.3, -0.25) is 4.79 Å². The molecule has 0 bridgehead atoms. The van der Waals surface area contributed by atoms with Gasteiger partial charge in [-0.1, -0.05) is 11.6 Å². The van der Waals surface area contributed by atoms with Gasteiger partial charge in [0.05, 0.1) is 0 Å². The summed E-state index contributed by atoms with van der Waals surface area (Å²) >= 11 is 0. The SMILES string of the molecule is CC(CCC(=O)O)NCCC1=CCCC1. The summed E-state index contributed by atoms with van der Waals surface area (Å²) in [7, 11) is 0. The summed E-state index contributed by atoms with van der Waals surface area (Å²) in [5, 5.41) is 11.9. The number of carboxylic acids is 1. The topological polar surface area (TPSA) is 49.3 Å². The van der Waals surface area contributed by atoms with E-state index in [9.17, 15) is 4.79 Å². The molecule has 1 unspecified atom stereocenters. The van der Waals surface area contributed by atoms with Crippen molar-refractivity contribution in [2.24, 2.45) is 0 Å². The third-order valence-corrected chi connectivity index (χ3v) is 2.87. The Morgan fingerprint density at radius 1 is 1.67 bits per heavy atom. The summed E-state index contributed by atoms with van der Waals surface area (Å²) < 4.78 is 0. The molecule has 0 fully saturated rings. The van der Waals surface area contributed by atoms with E-state index in [1.807, 2.05) is 6.92 Å². The van der Waals surface area contributed by atoms with Crippen LogP contribution in [0.25, 0.3) is 0 Å². The molecule has 0 spiro atoms. The van der Waals surface area contributed by atoms with E-state index in [0.29, 0.717) is 12.5 Å². The smallest absolute Gasteiger partial charge is 0.303 e. The summed E-state index contributed by atoms with van der Waals surface area (Å²) in [6.45, 7) is 3.03. The van der Waals surface area contributed by atoms with Crippen molar-refractivity contribution >= 4 is 5.97 Å². The molecule has 1 rings (SSSR count). The third kappa shape index (κ3) is 5.57. The van der Waals surface area contributed by atoms with Gasteiger partial charge in [0.1, 0.15) is 0 Å². The number of nitrogens with one attached hydrogen (secondary N) is 1. The minimum Gasteiger partial charge on any atom is -0.481 e. The van der Waals surface area contributed by atoms with Gasteiger partial charge in [0.25, 0.3) is 0 Å². The van der Waals surface area contributed by atoms with E-state index < -0.39 is 5.97 Å². The van der Waals surface area contributed by atoms with Crippen LogP contribution in [0.1, 0.15) is 45.4 Å². The average Bonchev–Trinajstić information content (AvgIpc) is 2.67. The van der Waals surface area contributed by atoms with Crippen molar-refractivity contribution in [1.29, 1.82) is 0 Å². The van der Waals surface area contributed by atoms with Crippen LogP contribution in [0.5, 0.6) is 0 Å². The summed E-state index contributed by atoms with van der Waals surface area (Å²) in [6, 6.07) is 0.308. The fraction of sp³-hybridized carbons (Fsp3) is 0.750. The number of rotatable bonds is 7. The quantitative estimate of drug-likeness (QED) is 0.635. The van der Waals surface area contributed by atoms with E-state index in [-0.39, 0.29) is 6.42 Å². The molecule has 0 saturated carbocycles. The van der Waals surface area contributed by atoms with Crippen molar-refractivity contribution in [3.63, 3.8) is 0 Å². The third-order valence-electron chi connectivity index (χ3n) is 2.87. The molecule has 15 heavy (non-hydrogen) atoms. The van der Waals surface area contributed by atoms with Crippen LogP contribution in [0, 0.1) is 0 Å². The number of hydrogen-bond donors (Lipinski definition) is 2. The number of aliphatic carboxylic acids is 1. The summed E-state index contributed by atoms with van der Waals surface area (Å²) in [5.74, 6) is -0.706. The first-order valence-electron chi connectivity index (χ1n) is 5.81. The molecule has 86 valence electrons. The minimum absolute atomic E-state index is 0.261. The van der Waals surface area contributed by atoms with Crippen molar-refractivity contribution in [2.75, 3.05) is 6.54 Å². The Balaban J connectivity index is 2.01. The molecule has 1 atom stereocenters. The molecule has 3 nitrogen and oxygen atoms in total. The van der Waals surface area contributed by atoms with Crippen LogP contribution < -0.4 is 5.32 Å². The van der Waals surface area contributed by atoms with E-state index in [4.69, 9.17) is 5.11 Å². The fourth-order valence-corrected chi connectivity index (χ4v) is 1.89. The van der Waals surface area contributed by atoms with Gasteiger partial charge in [-0.15, -0.1) is 0 Å². The Morgan fingerprint density at radius 3 is 3.07 bits per heavy atom. The monoisotopic (exact) mass is 211 g/mol. The Kier molecular flexibility index (Phi) is 5.40. The average molecular weight is 211 g/mol. The van der Waals surface area contributed by atoms with E-state index in [1.165, 1.54) is 19.3 Å². The molecule has 0 aliphatic heterocycles. The highest BCUT2D eigenvalue weighted by Gasteiger charge is 2.06. The number of hydrogen-bond acceptors (Lipinski definition) is 2. The van der Waals surface area contributed by atoms with E-state index in [0.717, 1.165) is 13.0 Å². The first-order chi connectivity index (χ1) is 7.18. The highest BCUT2D eigenvalue weighted by Crippen LogP contribution is 2.19. The largest absolute Gasteiger partial charge is 0.481 e. The van der Waals surface area contributed by atoms with Gasteiger partial charge in [-0.05, 0) is 45.6 Å². The van der Waals surface area contributed by atoms with Crippen LogP contribution in [0.2, 0.25) is 0 Å². The highest BCUT2D eigenvalue weighted by atomic mass is 16.4. The zero-order chi connectivity index (χ0) is 11.1. The maximum Gasteiger partial charge on any atom is 0.303 e. The Labute approximate surface area is 91.6 Å². The standard InChI is InChI=1S/C12H21NO2/c1-10(6-7-12(14)15)13-9-8-11-4-2-3-5-11/h4,10,13H,2-3,5-9H2,1H3,(H,14,15). The van der Waals surface area contributed by atoms with Crippen LogP contribution in [-0.4, -0.2) is 23.7 Å². The van der Waals surface area contributed by atoms with Crippen LogP contribution in [0.4, 0.5) is 0 Å². The number of allylic oxidation sites excluding steroid dienone is 1. The van der Waals surface area contributed by atoms with Crippen LogP contribution in [0.3, 0.4) is 0 Å². The van der Waals surface area contributed by atoms with Crippen molar-refractivity contribution in [3.05, 3.63) is 11.6 Å². The Hall–Kier alpha value is -0.830. The van der Waals surface area contributed by atoms with Gasteiger partial charge >= 0.3 is 5.97 Å². The molecule has 1 aliphatic rings. The van der Waals surface area contributed by atoms with Crippen molar-refractivity contribution < 1.29 is 9.90 Å². The van der Waals surface area contributed by atoms with Gasteiger partial charge in [0.15, 0.2) is 0 Å². The lowest BCUT2D eigenvalue weighted by molar-refractivity contribution is -0.137. The lowest BCUT2D eigenvalue weighted by Gasteiger charge is -2.12. The molecule has 0 heterocycles. The lowest BCUT2D eigenvalue weighted by atomic mass is 10.1. The summed E-state index contributed by atoms with van der Waals surface area (Å²) in [4.78, 5) is 10.3. The van der Waals surface area contributed by atoms with Crippen molar-refractivity contribution in [2.45, 2.75) is 51.5 Å². The maximum atomic E-state index is 10.3.